The third kappa shape index (κ3) is 1.91. The Hall–Kier alpha value is -0.220. The minimum absolute atomic E-state index is 0.284. The van der Waals surface area contributed by atoms with Gasteiger partial charge in [0, 0.05) is 30.8 Å². The fourth-order valence-corrected chi connectivity index (χ4v) is 3.55. The first-order chi connectivity index (χ1) is 6.83. The summed E-state index contributed by atoms with van der Waals surface area (Å²) >= 11 is 1.90. The van der Waals surface area contributed by atoms with Crippen LogP contribution in [0.25, 0.3) is 0 Å². The Labute approximate surface area is 89.4 Å². The molecule has 0 radical (unpaired) electrons. The first kappa shape index (κ1) is 10.3. The molecule has 2 heterocycles. The molecule has 0 aromatic heterocycles. The van der Waals surface area contributed by atoms with Crippen molar-refractivity contribution < 1.29 is 4.79 Å². The summed E-state index contributed by atoms with van der Waals surface area (Å²) in [6.45, 7) is 1.56. The van der Waals surface area contributed by atoms with Crippen molar-refractivity contribution in [2.24, 2.45) is 11.7 Å². The Morgan fingerprint density at radius 2 is 2.36 bits per heavy atom. The van der Waals surface area contributed by atoms with Crippen LogP contribution >= 0.6 is 11.8 Å². The molecule has 1 amide bonds. The average Bonchev–Trinajstić information content (AvgIpc) is 2.87. The quantitative estimate of drug-likeness (QED) is 0.735. The van der Waals surface area contributed by atoms with Crippen molar-refractivity contribution in [1.29, 1.82) is 0 Å². The lowest BCUT2D eigenvalue weighted by Gasteiger charge is -2.26. The van der Waals surface area contributed by atoms with Crippen molar-refractivity contribution in [3.63, 3.8) is 0 Å². The number of nitrogens with two attached hydrogens (primary N) is 1. The third-order valence-corrected chi connectivity index (χ3v) is 4.37. The van der Waals surface area contributed by atoms with Gasteiger partial charge in [0.25, 0.3) is 0 Å². The second-order valence-corrected chi connectivity index (χ2v) is 5.27. The van der Waals surface area contributed by atoms with Gasteiger partial charge in [-0.2, -0.15) is 11.8 Å². The number of carbonyl (C=O) groups excluding carboxylic acids is 1. The maximum Gasteiger partial charge on any atom is 0.226 e. The summed E-state index contributed by atoms with van der Waals surface area (Å²) < 4.78 is 0. The van der Waals surface area contributed by atoms with Crippen LogP contribution < -0.4 is 5.73 Å². The monoisotopic (exact) mass is 214 g/mol. The second kappa shape index (κ2) is 4.53. The standard InChI is InChI=1S/C10H18N2OS/c11-6-9-2-1-4-12(9)10(13)8-3-5-14-7-8/h8-9H,1-7,11H2. The number of likely N-dealkylation sites (tertiary alicyclic amines) is 1. The summed E-state index contributed by atoms with van der Waals surface area (Å²) in [7, 11) is 0. The summed E-state index contributed by atoms with van der Waals surface area (Å²) in [6.07, 6.45) is 3.30. The van der Waals surface area contributed by atoms with E-state index in [1.165, 1.54) is 0 Å². The van der Waals surface area contributed by atoms with Crippen LogP contribution in [0.15, 0.2) is 0 Å². The highest BCUT2D eigenvalue weighted by Crippen LogP contribution is 2.28. The Bertz CT molecular complexity index is 216. The molecule has 2 aliphatic heterocycles. The summed E-state index contributed by atoms with van der Waals surface area (Å²) in [5, 5.41) is 0. The van der Waals surface area contributed by atoms with E-state index in [2.05, 4.69) is 0 Å². The Morgan fingerprint density at radius 1 is 1.50 bits per heavy atom. The molecule has 2 atom stereocenters. The van der Waals surface area contributed by atoms with Gasteiger partial charge in [0.2, 0.25) is 5.91 Å². The SMILES string of the molecule is NCC1CCCN1C(=O)C1CCSC1. The number of rotatable bonds is 2. The smallest absolute Gasteiger partial charge is 0.226 e. The van der Waals surface area contributed by atoms with Crippen LogP contribution in [-0.2, 0) is 4.79 Å². The van der Waals surface area contributed by atoms with E-state index < -0.39 is 0 Å². The molecule has 3 nitrogen and oxygen atoms in total. The van der Waals surface area contributed by atoms with Gasteiger partial charge in [-0.05, 0) is 25.0 Å². The number of hydrogen-bond donors (Lipinski definition) is 1. The van der Waals surface area contributed by atoms with Gasteiger partial charge in [0.05, 0.1) is 0 Å². The van der Waals surface area contributed by atoms with Gasteiger partial charge in [-0.1, -0.05) is 0 Å². The van der Waals surface area contributed by atoms with E-state index in [0.717, 1.165) is 37.3 Å². The number of nitrogens with zero attached hydrogens (tertiary/aromatic N) is 1. The molecular weight excluding hydrogens is 196 g/mol. The lowest BCUT2D eigenvalue weighted by Crippen LogP contribution is -2.43. The molecule has 0 spiro atoms. The van der Waals surface area contributed by atoms with Crippen LogP contribution in [0.4, 0.5) is 0 Å². The highest BCUT2D eigenvalue weighted by molar-refractivity contribution is 7.99. The Morgan fingerprint density at radius 3 is 3.00 bits per heavy atom. The lowest BCUT2D eigenvalue weighted by molar-refractivity contribution is -0.135. The number of thioether (sulfide) groups is 1. The predicted molar refractivity (Wildman–Crippen MR) is 59.2 cm³/mol. The summed E-state index contributed by atoms with van der Waals surface area (Å²) in [6, 6.07) is 0.327. The van der Waals surface area contributed by atoms with Crippen LogP contribution in [0.5, 0.6) is 0 Å². The van der Waals surface area contributed by atoms with E-state index in [9.17, 15) is 4.79 Å². The molecule has 0 saturated carbocycles. The lowest BCUT2D eigenvalue weighted by atomic mass is 10.1. The van der Waals surface area contributed by atoms with Gasteiger partial charge >= 0.3 is 0 Å². The van der Waals surface area contributed by atoms with Crippen molar-refractivity contribution in [3.05, 3.63) is 0 Å². The molecule has 4 heteroatoms. The van der Waals surface area contributed by atoms with Crippen molar-refractivity contribution >= 4 is 17.7 Å². The molecule has 0 aromatic carbocycles. The van der Waals surface area contributed by atoms with E-state index in [0.29, 0.717) is 18.5 Å². The van der Waals surface area contributed by atoms with Crippen molar-refractivity contribution in [1.82, 2.24) is 4.90 Å². The van der Waals surface area contributed by atoms with Crippen LogP contribution in [0.1, 0.15) is 19.3 Å². The van der Waals surface area contributed by atoms with Crippen molar-refractivity contribution in [2.45, 2.75) is 25.3 Å². The Kier molecular flexibility index (Phi) is 3.34. The zero-order chi connectivity index (χ0) is 9.97. The number of carbonyl (C=O) groups is 1. The fourth-order valence-electron chi connectivity index (χ4n) is 2.33. The maximum absolute atomic E-state index is 12.1. The van der Waals surface area contributed by atoms with Crippen LogP contribution in [0.2, 0.25) is 0 Å². The second-order valence-electron chi connectivity index (χ2n) is 4.12. The summed E-state index contributed by atoms with van der Waals surface area (Å²) in [4.78, 5) is 14.1. The third-order valence-electron chi connectivity index (χ3n) is 3.21. The largest absolute Gasteiger partial charge is 0.338 e. The molecule has 2 rings (SSSR count). The average molecular weight is 214 g/mol. The predicted octanol–water partition coefficient (Wildman–Crippen LogP) is 0.689. The normalized spacial score (nSPS) is 32.5. The highest BCUT2D eigenvalue weighted by atomic mass is 32.2. The fraction of sp³-hybridized carbons (Fsp3) is 0.900. The van der Waals surface area contributed by atoms with E-state index in [-0.39, 0.29) is 5.92 Å². The molecule has 2 N–H and O–H groups in total. The molecule has 2 saturated heterocycles. The zero-order valence-electron chi connectivity index (χ0n) is 8.45. The van der Waals surface area contributed by atoms with Crippen molar-refractivity contribution in [2.75, 3.05) is 24.6 Å². The summed E-state index contributed by atoms with van der Waals surface area (Å²) in [5.41, 5.74) is 5.66. The van der Waals surface area contributed by atoms with Gasteiger partial charge in [-0.3, -0.25) is 4.79 Å². The van der Waals surface area contributed by atoms with Crippen LogP contribution in [-0.4, -0.2) is 41.4 Å². The molecule has 0 aliphatic carbocycles. The highest BCUT2D eigenvalue weighted by Gasteiger charge is 2.33. The minimum Gasteiger partial charge on any atom is -0.338 e. The molecule has 14 heavy (non-hydrogen) atoms. The molecule has 2 aliphatic rings. The molecule has 80 valence electrons. The topological polar surface area (TPSA) is 46.3 Å². The number of hydrogen-bond acceptors (Lipinski definition) is 3. The minimum atomic E-state index is 0.284. The molecule has 0 bridgehead atoms. The van der Waals surface area contributed by atoms with Crippen LogP contribution in [0.3, 0.4) is 0 Å². The maximum atomic E-state index is 12.1. The van der Waals surface area contributed by atoms with E-state index in [1.807, 2.05) is 16.7 Å². The van der Waals surface area contributed by atoms with E-state index >= 15 is 0 Å². The van der Waals surface area contributed by atoms with E-state index in [4.69, 9.17) is 5.73 Å². The van der Waals surface area contributed by atoms with Gasteiger partial charge in [0.1, 0.15) is 0 Å². The van der Waals surface area contributed by atoms with Crippen LogP contribution in [0, 0.1) is 5.92 Å². The molecule has 2 fully saturated rings. The first-order valence-corrected chi connectivity index (χ1v) is 6.56. The molecule has 2 unspecified atom stereocenters. The Balaban J connectivity index is 1.95. The number of amides is 1. The first-order valence-electron chi connectivity index (χ1n) is 5.41. The van der Waals surface area contributed by atoms with Gasteiger partial charge in [0.15, 0.2) is 0 Å². The molecular formula is C10H18N2OS. The van der Waals surface area contributed by atoms with E-state index in [1.54, 1.807) is 0 Å². The van der Waals surface area contributed by atoms with Crippen molar-refractivity contribution in [3.8, 4) is 0 Å². The van der Waals surface area contributed by atoms with Gasteiger partial charge in [-0.15, -0.1) is 0 Å². The summed E-state index contributed by atoms with van der Waals surface area (Å²) in [5.74, 6) is 2.82. The van der Waals surface area contributed by atoms with Gasteiger partial charge < -0.3 is 10.6 Å². The zero-order valence-corrected chi connectivity index (χ0v) is 9.26. The molecule has 0 aromatic rings. The van der Waals surface area contributed by atoms with Gasteiger partial charge in [-0.25, -0.2) is 0 Å².